The van der Waals surface area contributed by atoms with E-state index in [1.165, 1.54) is 13.8 Å². The molecule has 1 rings (SSSR count). The second kappa shape index (κ2) is 11.6. The van der Waals surface area contributed by atoms with Crippen molar-refractivity contribution in [2.45, 2.75) is 96.6 Å². The van der Waals surface area contributed by atoms with E-state index in [-0.39, 0.29) is 5.57 Å². The van der Waals surface area contributed by atoms with E-state index in [4.69, 9.17) is 4.74 Å². The SMILES string of the molecule is C=C(C)C(=O)OC1CC(C(C)(OC(=O)C(C)C)C(F)(F)F)CC(C(OC(=O)C(C)C)(C(F)(F)F)C(F)(F)F)C1. The molecule has 0 aliphatic heterocycles. The highest BCUT2D eigenvalue weighted by atomic mass is 19.4. The van der Waals surface area contributed by atoms with Gasteiger partial charge in [0.1, 0.15) is 6.10 Å². The third-order valence-electron chi connectivity index (χ3n) is 6.56. The van der Waals surface area contributed by atoms with E-state index in [1.54, 1.807) is 0 Å². The van der Waals surface area contributed by atoms with Gasteiger partial charge in [0.05, 0.1) is 11.8 Å². The molecule has 0 aromatic heterocycles. The van der Waals surface area contributed by atoms with Crippen LogP contribution in [0.4, 0.5) is 39.5 Å². The van der Waals surface area contributed by atoms with E-state index in [0.717, 1.165) is 20.8 Å². The Balaban J connectivity index is 3.91. The van der Waals surface area contributed by atoms with Crippen molar-refractivity contribution in [3.63, 3.8) is 0 Å². The number of esters is 3. The van der Waals surface area contributed by atoms with Gasteiger partial charge in [0.25, 0.3) is 0 Å². The average molecular weight is 586 g/mol. The molecule has 0 spiro atoms. The van der Waals surface area contributed by atoms with E-state index in [9.17, 15) is 53.9 Å². The minimum atomic E-state index is -6.35. The normalized spacial score (nSPS) is 22.7. The highest BCUT2D eigenvalue weighted by molar-refractivity contribution is 5.87. The predicted molar refractivity (Wildman–Crippen MR) is 117 cm³/mol. The maximum atomic E-state index is 14.3. The van der Waals surface area contributed by atoms with Crippen LogP contribution in [0, 0.1) is 23.7 Å². The molecular weight excluding hydrogens is 555 g/mol. The summed E-state index contributed by atoms with van der Waals surface area (Å²) in [6.45, 7) is 8.93. The van der Waals surface area contributed by atoms with Gasteiger partial charge < -0.3 is 14.2 Å². The van der Waals surface area contributed by atoms with Crippen molar-refractivity contribution >= 4 is 17.9 Å². The molecule has 0 radical (unpaired) electrons. The third kappa shape index (κ3) is 7.19. The van der Waals surface area contributed by atoms with Crippen LogP contribution >= 0.6 is 0 Å². The molecule has 0 amide bonds. The molecule has 4 unspecified atom stereocenters. The lowest BCUT2D eigenvalue weighted by Gasteiger charge is -2.49. The summed E-state index contributed by atoms with van der Waals surface area (Å²) < 4.78 is 143. The fourth-order valence-corrected chi connectivity index (χ4v) is 4.20. The number of ether oxygens (including phenoxy) is 3. The number of rotatable bonds is 8. The summed E-state index contributed by atoms with van der Waals surface area (Å²) in [4.78, 5) is 36.4. The van der Waals surface area contributed by atoms with Gasteiger partial charge in [-0.25, -0.2) is 4.79 Å². The topological polar surface area (TPSA) is 78.9 Å². The first kappa shape index (κ1) is 34.5. The zero-order valence-corrected chi connectivity index (χ0v) is 22.1. The number of carbonyl (C=O) groups excluding carboxylic acids is 3. The lowest BCUT2D eigenvalue weighted by atomic mass is 9.66. The average Bonchev–Trinajstić information content (AvgIpc) is 2.73. The molecule has 0 N–H and O–H groups in total. The Morgan fingerprint density at radius 3 is 1.49 bits per heavy atom. The fourth-order valence-electron chi connectivity index (χ4n) is 4.20. The molecule has 39 heavy (non-hydrogen) atoms. The summed E-state index contributed by atoms with van der Waals surface area (Å²) in [6, 6.07) is 0. The van der Waals surface area contributed by atoms with Gasteiger partial charge in [-0.3, -0.25) is 9.59 Å². The van der Waals surface area contributed by atoms with Crippen molar-refractivity contribution in [2.24, 2.45) is 23.7 Å². The Hall–Kier alpha value is -2.48. The van der Waals surface area contributed by atoms with E-state index in [1.807, 2.05) is 0 Å². The second-order valence-electron chi connectivity index (χ2n) is 10.4. The standard InChI is InChI=1S/C24H31F9O6/c1-11(2)17(34)37-16-9-14(20(7,22(25,26)27)38-18(35)12(3)4)8-15(10-16)21(23(28,29)30,24(31,32)33)39-19(36)13(5)6/h12-16H,1,8-10H2,2-7H3. The van der Waals surface area contributed by atoms with Crippen LogP contribution < -0.4 is 0 Å². The molecule has 15 heteroatoms. The molecule has 0 bridgehead atoms. The monoisotopic (exact) mass is 586 g/mol. The smallest absolute Gasteiger partial charge is 0.437 e. The zero-order valence-electron chi connectivity index (χ0n) is 22.1. The first-order valence-corrected chi connectivity index (χ1v) is 11.8. The summed E-state index contributed by atoms with van der Waals surface area (Å²) in [5, 5.41) is 0. The van der Waals surface area contributed by atoms with Crippen molar-refractivity contribution in [1.82, 2.24) is 0 Å². The van der Waals surface area contributed by atoms with Crippen molar-refractivity contribution < 1.29 is 68.1 Å². The van der Waals surface area contributed by atoms with Gasteiger partial charge in [-0.05, 0) is 33.1 Å². The fraction of sp³-hybridized carbons (Fsp3) is 0.792. The molecule has 0 heterocycles. The summed E-state index contributed by atoms with van der Waals surface area (Å²) in [5.74, 6) is -12.4. The Morgan fingerprint density at radius 2 is 1.13 bits per heavy atom. The molecule has 0 saturated heterocycles. The van der Waals surface area contributed by atoms with Gasteiger partial charge in [-0.2, -0.15) is 39.5 Å². The second-order valence-corrected chi connectivity index (χ2v) is 10.4. The lowest BCUT2D eigenvalue weighted by Crippen LogP contribution is -2.67. The molecule has 0 aromatic carbocycles. The Morgan fingerprint density at radius 1 is 0.718 bits per heavy atom. The summed E-state index contributed by atoms with van der Waals surface area (Å²) in [6.07, 6.45) is -23.8. The Labute approximate surface area is 219 Å². The van der Waals surface area contributed by atoms with Crippen molar-refractivity contribution in [2.75, 3.05) is 0 Å². The molecule has 6 nitrogen and oxygen atoms in total. The number of halogens is 9. The summed E-state index contributed by atoms with van der Waals surface area (Å²) >= 11 is 0. The highest BCUT2D eigenvalue weighted by Crippen LogP contribution is 2.58. The molecule has 0 aromatic rings. The minimum absolute atomic E-state index is 0.320. The van der Waals surface area contributed by atoms with Crippen molar-refractivity contribution in [3.05, 3.63) is 12.2 Å². The maximum absolute atomic E-state index is 14.3. The van der Waals surface area contributed by atoms with Crippen molar-refractivity contribution in [3.8, 4) is 0 Å². The summed E-state index contributed by atoms with van der Waals surface area (Å²) in [5.41, 5.74) is -9.18. The predicted octanol–water partition coefficient (Wildman–Crippen LogP) is 6.47. The van der Waals surface area contributed by atoms with E-state index < -0.39 is 96.7 Å². The maximum Gasteiger partial charge on any atom is 0.437 e. The Kier molecular flexibility index (Phi) is 10.2. The van der Waals surface area contributed by atoms with Crippen LogP contribution in [0.25, 0.3) is 0 Å². The van der Waals surface area contributed by atoms with Gasteiger partial charge in [0.2, 0.25) is 5.60 Å². The Bertz CT molecular complexity index is 922. The van der Waals surface area contributed by atoms with Crippen LogP contribution in [0.2, 0.25) is 0 Å². The minimum Gasteiger partial charge on any atom is -0.459 e. The number of carbonyl (C=O) groups is 3. The zero-order chi connectivity index (χ0) is 30.9. The molecule has 1 saturated carbocycles. The third-order valence-corrected chi connectivity index (χ3v) is 6.56. The summed E-state index contributed by atoms with van der Waals surface area (Å²) in [7, 11) is 0. The van der Waals surface area contributed by atoms with Crippen LogP contribution in [-0.4, -0.2) is 53.7 Å². The molecule has 4 atom stereocenters. The molecule has 1 aliphatic carbocycles. The van der Waals surface area contributed by atoms with Gasteiger partial charge in [-0.1, -0.05) is 34.3 Å². The molecular formula is C24H31F9O6. The lowest BCUT2D eigenvalue weighted by molar-refractivity contribution is -0.393. The molecule has 1 aliphatic rings. The molecule has 226 valence electrons. The van der Waals surface area contributed by atoms with Crippen LogP contribution in [0.1, 0.15) is 60.8 Å². The first-order valence-electron chi connectivity index (χ1n) is 11.8. The first-order chi connectivity index (χ1) is 17.3. The van der Waals surface area contributed by atoms with E-state index in [0.29, 0.717) is 6.92 Å². The van der Waals surface area contributed by atoms with Gasteiger partial charge >= 0.3 is 42.0 Å². The quantitative estimate of drug-likeness (QED) is 0.140. The van der Waals surface area contributed by atoms with E-state index in [2.05, 4.69) is 16.1 Å². The van der Waals surface area contributed by atoms with Crippen LogP contribution in [0.5, 0.6) is 0 Å². The van der Waals surface area contributed by atoms with Crippen LogP contribution in [0.15, 0.2) is 12.2 Å². The number of hydrogen-bond acceptors (Lipinski definition) is 6. The van der Waals surface area contributed by atoms with Crippen molar-refractivity contribution in [1.29, 1.82) is 0 Å². The van der Waals surface area contributed by atoms with Gasteiger partial charge in [0.15, 0.2) is 0 Å². The van der Waals surface area contributed by atoms with Crippen LogP contribution in [-0.2, 0) is 28.6 Å². The van der Waals surface area contributed by atoms with Gasteiger partial charge in [0, 0.05) is 17.4 Å². The molecule has 1 fully saturated rings. The van der Waals surface area contributed by atoms with Gasteiger partial charge in [-0.15, -0.1) is 0 Å². The largest absolute Gasteiger partial charge is 0.459 e. The highest BCUT2D eigenvalue weighted by Gasteiger charge is 2.78. The number of hydrogen-bond donors (Lipinski definition) is 0. The number of alkyl halides is 9. The van der Waals surface area contributed by atoms with Crippen LogP contribution in [0.3, 0.4) is 0 Å². The van der Waals surface area contributed by atoms with E-state index >= 15 is 0 Å².